The molecule has 3 N–H and O–H groups in total. The molecule has 0 aliphatic rings. The van der Waals surface area contributed by atoms with Crippen LogP contribution in [0.25, 0.3) is 0 Å². The Morgan fingerprint density at radius 3 is 2.85 bits per heavy atom. The number of thiocarbonyl (C=S) groups is 1. The van der Waals surface area contributed by atoms with Crippen molar-refractivity contribution in [1.82, 2.24) is 4.98 Å². The Morgan fingerprint density at radius 2 is 2.15 bits per heavy atom. The molecule has 1 aromatic heterocycles. The fourth-order valence-corrected chi connectivity index (χ4v) is 2.26. The van der Waals surface area contributed by atoms with Crippen molar-refractivity contribution in [3.8, 4) is 0 Å². The van der Waals surface area contributed by atoms with E-state index >= 15 is 0 Å². The maximum Gasteiger partial charge on any atom is 0.135 e. The van der Waals surface area contributed by atoms with Crippen LogP contribution in [0.15, 0.2) is 36.5 Å². The monoisotopic (exact) mass is 289 g/mol. The summed E-state index contributed by atoms with van der Waals surface area (Å²) in [4.78, 5) is 4.39. The summed E-state index contributed by atoms with van der Waals surface area (Å²) in [6, 6.07) is 8.66. The Balaban J connectivity index is 2.23. The number of nitrogens with two attached hydrogens (primary N) is 1. The summed E-state index contributed by atoms with van der Waals surface area (Å²) in [6.07, 6.45) is 2.65. The number of pyridine rings is 1. The van der Waals surface area contributed by atoms with E-state index in [9.17, 15) is 4.39 Å². The molecule has 0 aliphatic carbocycles. The molecule has 1 heterocycles. The zero-order valence-electron chi connectivity index (χ0n) is 11.2. The fraction of sp³-hybridized carbons (Fsp3) is 0.200. The number of hydrogen-bond donors (Lipinski definition) is 2. The average Bonchev–Trinajstić information content (AvgIpc) is 2.45. The van der Waals surface area contributed by atoms with Gasteiger partial charge >= 0.3 is 0 Å². The molecule has 3 nitrogen and oxygen atoms in total. The normalized spacial score (nSPS) is 10.3. The van der Waals surface area contributed by atoms with Crippen LogP contribution in [0.3, 0.4) is 0 Å². The van der Waals surface area contributed by atoms with E-state index in [1.54, 1.807) is 18.3 Å². The summed E-state index contributed by atoms with van der Waals surface area (Å²) in [6.45, 7) is 2.58. The molecule has 0 saturated carbocycles. The van der Waals surface area contributed by atoms with Gasteiger partial charge in [-0.15, -0.1) is 0 Å². The van der Waals surface area contributed by atoms with Crippen LogP contribution in [-0.2, 0) is 13.0 Å². The van der Waals surface area contributed by atoms with Crippen LogP contribution in [0.2, 0.25) is 0 Å². The Bertz CT molecular complexity index is 628. The van der Waals surface area contributed by atoms with Gasteiger partial charge in [-0.25, -0.2) is 4.39 Å². The van der Waals surface area contributed by atoms with Crippen molar-refractivity contribution in [1.29, 1.82) is 0 Å². The summed E-state index contributed by atoms with van der Waals surface area (Å²) in [7, 11) is 0. The van der Waals surface area contributed by atoms with Crippen molar-refractivity contribution in [3.05, 3.63) is 59.2 Å². The highest BCUT2D eigenvalue weighted by atomic mass is 32.1. The second kappa shape index (κ2) is 6.43. The van der Waals surface area contributed by atoms with Crippen LogP contribution in [-0.4, -0.2) is 9.97 Å². The molecule has 0 amide bonds. The minimum atomic E-state index is -0.417. The van der Waals surface area contributed by atoms with Gasteiger partial charge in [0.1, 0.15) is 10.8 Å². The summed E-state index contributed by atoms with van der Waals surface area (Å²) in [5.74, 6) is -0.417. The summed E-state index contributed by atoms with van der Waals surface area (Å²) in [5, 5.41) is 3.16. The van der Waals surface area contributed by atoms with Crippen LogP contribution in [0.1, 0.15) is 23.7 Å². The molecule has 0 saturated heterocycles. The molecule has 0 bridgehead atoms. The van der Waals surface area contributed by atoms with Gasteiger partial charge in [-0.2, -0.15) is 0 Å². The molecule has 104 valence electrons. The van der Waals surface area contributed by atoms with E-state index in [0.717, 1.165) is 17.7 Å². The van der Waals surface area contributed by atoms with Gasteiger partial charge in [0.2, 0.25) is 0 Å². The number of halogens is 1. The first-order valence-electron chi connectivity index (χ1n) is 6.38. The van der Waals surface area contributed by atoms with E-state index in [0.29, 0.717) is 12.2 Å². The predicted octanol–water partition coefficient (Wildman–Crippen LogP) is 3.03. The van der Waals surface area contributed by atoms with Gasteiger partial charge < -0.3 is 11.1 Å². The van der Waals surface area contributed by atoms with Crippen LogP contribution >= 0.6 is 12.2 Å². The first kappa shape index (κ1) is 14.4. The van der Waals surface area contributed by atoms with Crippen LogP contribution < -0.4 is 11.1 Å². The zero-order valence-corrected chi connectivity index (χ0v) is 12.0. The van der Waals surface area contributed by atoms with Gasteiger partial charge in [-0.3, -0.25) is 4.98 Å². The Hall–Kier alpha value is -2.01. The van der Waals surface area contributed by atoms with Crippen molar-refractivity contribution in [2.45, 2.75) is 19.9 Å². The average molecular weight is 289 g/mol. The smallest absolute Gasteiger partial charge is 0.135 e. The van der Waals surface area contributed by atoms with Crippen LogP contribution in [0.4, 0.5) is 10.1 Å². The highest BCUT2D eigenvalue weighted by Crippen LogP contribution is 2.20. The van der Waals surface area contributed by atoms with Crippen LogP contribution in [0.5, 0.6) is 0 Å². The minimum Gasteiger partial charge on any atom is -0.389 e. The second-order valence-corrected chi connectivity index (χ2v) is 4.78. The van der Waals surface area contributed by atoms with E-state index in [4.69, 9.17) is 18.0 Å². The molecule has 0 aliphatic heterocycles. The number of aryl methyl sites for hydroxylation is 1. The summed E-state index contributed by atoms with van der Waals surface area (Å²) < 4.78 is 13.7. The highest BCUT2D eigenvalue weighted by molar-refractivity contribution is 7.80. The van der Waals surface area contributed by atoms with Gasteiger partial charge in [-0.05, 0) is 30.2 Å². The SMILES string of the molecule is CCc1cccnc1CNc1cccc(F)c1C(N)=S. The molecule has 2 aromatic rings. The topological polar surface area (TPSA) is 50.9 Å². The number of nitrogens with one attached hydrogen (secondary N) is 1. The molecule has 0 fully saturated rings. The van der Waals surface area contributed by atoms with Crippen LogP contribution in [0, 0.1) is 5.82 Å². The molecule has 5 heteroatoms. The van der Waals surface area contributed by atoms with Crippen molar-refractivity contribution < 1.29 is 4.39 Å². The molecule has 1 aromatic carbocycles. The number of aromatic nitrogens is 1. The van der Waals surface area contributed by atoms with Crippen molar-refractivity contribution >= 4 is 22.9 Å². The molecule has 0 atom stereocenters. The molecular formula is C15H16FN3S. The lowest BCUT2D eigenvalue weighted by molar-refractivity contribution is 0.626. The van der Waals surface area contributed by atoms with E-state index in [2.05, 4.69) is 17.2 Å². The third kappa shape index (κ3) is 3.11. The lowest BCUT2D eigenvalue weighted by atomic mass is 10.1. The predicted molar refractivity (Wildman–Crippen MR) is 83.2 cm³/mol. The number of nitrogens with zero attached hydrogens (tertiary/aromatic N) is 1. The zero-order chi connectivity index (χ0) is 14.5. The Morgan fingerprint density at radius 1 is 1.35 bits per heavy atom. The van der Waals surface area contributed by atoms with E-state index in [1.807, 2.05) is 12.1 Å². The fourth-order valence-electron chi connectivity index (χ4n) is 2.05. The van der Waals surface area contributed by atoms with E-state index < -0.39 is 5.82 Å². The standard InChI is InChI=1S/C15H16FN3S/c1-2-10-5-4-8-18-13(10)9-19-12-7-3-6-11(16)14(12)15(17)20/h3-8,19H,2,9H2,1H3,(H2,17,20). The maximum absolute atomic E-state index is 13.7. The molecule has 0 radical (unpaired) electrons. The lowest BCUT2D eigenvalue weighted by Gasteiger charge is -2.13. The lowest BCUT2D eigenvalue weighted by Crippen LogP contribution is -2.16. The number of anilines is 1. The van der Waals surface area contributed by atoms with Gasteiger partial charge in [0.05, 0.1) is 17.8 Å². The number of benzene rings is 1. The third-order valence-electron chi connectivity index (χ3n) is 3.07. The largest absolute Gasteiger partial charge is 0.389 e. The molecule has 20 heavy (non-hydrogen) atoms. The van der Waals surface area contributed by atoms with Crippen molar-refractivity contribution in [2.75, 3.05) is 5.32 Å². The summed E-state index contributed by atoms with van der Waals surface area (Å²) in [5.41, 5.74) is 8.51. The first-order valence-corrected chi connectivity index (χ1v) is 6.79. The van der Waals surface area contributed by atoms with Gasteiger partial charge in [-0.1, -0.05) is 31.3 Å². The van der Waals surface area contributed by atoms with E-state index in [1.165, 1.54) is 6.07 Å². The quantitative estimate of drug-likeness (QED) is 0.831. The Kier molecular flexibility index (Phi) is 4.63. The van der Waals surface area contributed by atoms with Gasteiger partial charge in [0, 0.05) is 11.9 Å². The number of hydrogen-bond acceptors (Lipinski definition) is 3. The molecule has 2 rings (SSSR count). The summed E-state index contributed by atoms with van der Waals surface area (Å²) >= 11 is 4.90. The highest BCUT2D eigenvalue weighted by Gasteiger charge is 2.11. The molecule has 0 spiro atoms. The third-order valence-corrected chi connectivity index (χ3v) is 3.28. The minimum absolute atomic E-state index is 0.0438. The second-order valence-electron chi connectivity index (χ2n) is 4.34. The van der Waals surface area contributed by atoms with Gasteiger partial charge in [0.15, 0.2) is 0 Å². The molecule has 0 unspecified atom stereocenters. The van der Waals surface area contributed by atoms with Crippen molar-refractivity contribution in [2.24, 2.45) is 5.73 Å². The molecular weight excluding hydrogens is 273 g/mol. The maximum atomic E-state index is 13.7. The van der Waals surface area contributed by atoms with E-state index in [-0.39, 0.29) is 10.6 Å². The first-order chi connectivity index (χ1) is 9.63. The Labute approximate surface area is 123 Å². The number of rotatable bonds is 5. The van der Waals surface area contributed by atoms with Crippen molar-refractivity contribution in [3.63, 3.8) is 0 Å². The van der Waals surface area contributed by atoms with Gasteiger partial charge in [0.25, 0.3) is 0 Å².